The van der Waals surface area contributed by atoms with Crippen LogP contribution in [0.4, 0.5) is 10.3 Å². The van der Waals surface area contributed by atoms with Gasteiger partial charge in [-0.05, 0) is 50.3 Å². The Balaban J connectivity index is 1.36. The number of hydrogen-bond donors (Lipinski definition) is 1. The summed E-state index contributed by atoms with van der Waals surface area (Å²) in [7, 11) is 0. The normalized spacial score (nSPS) is 28.3. The summed E-state index contributed by atoms with van der Waals surface area (Å²) >= 11 is 3.47. The second-order valence-corrected chi connectivity index (χ2v) is 7.84. The number of alkyl halides is 1. The molecular weight excluding hydrogens is 371 g/mol. The Morgan fingerprint density at radius 3 is 2.75 bits per heavy atom. The SMILES string of the molecule is FC1CCN(C2CCC(Nc3ncc4cc(Br)ccc4n3)CC2)C1. The van der Waals surface area contributed by atoms with Crippen LogP contribution in [0.3, 0.4) is 0 Å². The summed E-state index contributed by atoms with van der Waals surface area (Å²) in [4.78, 5) is 11.4. The lowest BCUT2D eigenvalue weighted by Gasteiger charge is -2.34. The number of hydrogen-bond acceptors (Lipinski definition) is 4. The smallest absolute Gasteiger partial charge is 0.223 e. The van der Waals surface area contributed by atoms with Crippen LogP contribution in [0.25, 0.3) is 10.9 Å². The Bertz CT molecular complexity index is 717. The Hall–Kier alpha value is -1.27. The van der Waals surface area contributed by atoms with Crippen molar-refractivity contribution in [3.8, 4) is 0 Å². The molecule has 1 aromatic heterocycles. The van der Waals surface area contributed by atoms with Crippen LogP contribution in [-0.2, 0) is 0 Å². The number of anilines is 1. The highest BCUT2D eigenvalue weighted by Crippen LogP contribution is 2.28. The molecule has 1 saturated carbocycles. The van der Waals surface area contributed by atoms with Gasteiger partial charge in [-0.3, -0.25) is 4.90 Å². The average molecular weight is 393 g/mol. The van der Waals surface area contributed by atoms with Crippen molar-refractivity contribution < 1.29 is 4.39 Å². The van der Waals surface area contributed by atoms with Gasteiger partial charge < -0.3 is 5.32 Å². The van der Waals surface area contributed by atoms with E-state index in [-0.39, 0.29) is 0 Å². The molecule has 6 heteroatoms. The molecule has 1 atom stereocenters. The molecule has 0 radical (unpaired) electrons. The van der Waals surface area contributed by atoms with E-state index in [9.17, 15) is 4.39 Å². The number of likely N-dealkylation sites (tertiary alicyclic amines) is 1. The first-order valence-electron chi connectivity index (χ1n) is 8.74. The van der Waals surface area contributed by atoms with E-state index in [1.165, 1.54) is 0 Å². The maximum absolute atomic E-state index is 13.4. The van der Waals surface area contributed by atoms with E-state index < -0.39 is 6.17 Å². The van der Waals surface area contributed by atoms with Crippen LogP contribution in [0.1, 0.15) is 32.1 Å². The third-order valence-electron chi connectivity index (χ3n) is 5.25. The van der Waals surface area contributed by atoms with Crippen molar-refractivity contribution in [3.63, 3.8) is 0 Å². The van der Waals surface area contributed by atoms with Gasteiger partial charge in [-0.1, -0.05) is 15.9 Å². The van der Waals surface area contributed by atoms with E-state index in [1.54, 1.807) is 0 Å². The highest BCUT2D eigenvalue weighted by Gasteiger charge is 2.31. The molecule has 1 aromatic carbocycles. The maximum Gasteiger partial charge on any atom is 0.223 e. The van der Waals surface area contributed by atoms with Crippen molar-refractivity contribution in [1.82, 2.24) is 14.9 Å². The Morgan fingerprint density at radius 2 is 2.00 bits per heavy atom. The van der Waals surface area contributed by atoms with Gasteiger partial charge in [-0.15, -0.1) is 0 Å². The van der Waals surface area contributed by atoms with Crippen LogP contribution in [-0.4, -0.2) is 46.2 Å². The fraction of sp³-hybridized carbons (Fsp3) is 0.556. The molecular formula is C18H22BrFN4. The first-order chi connectivity index (χ1) is 11.7. The molecule has 4 rings (SSSR count). The van der Waals surface area contributed by atoms with E-state index in [0.29, 0.717) is 31.0 Å². The number of nitrogens with zero attached hydrogens (tertiary/aromatic N) is 3. The second-order valence-electron chi connectivity index (χ2n) is 6.93. The van der Waals surface area contributed by atoms with Crippen molar-refractivity contribution in [2.45, 2.75) is 50.4 Å². The fourth-order valence-electron chi connectivity index (χ4n) is 3.92. The predicted octanol–water partition coefficient (Wildman–Crippen LogP) is 4.16. The van der Waals surface area contributed by atoms with Crippen molar-refractivity contribution in [2.24, 2.45) is 0 Å². The summed E-state index contributed by atoms with van der Waals surface area (Å²) in [6, 6.07) is 7.00. The molecule has 24 heavy (non-hydrogen) atoms. The van der Waals surface area contributed by atoms with Gasteiger partial charge >= 0.3 is 0 Å². The topological polar surface area (TPSA) is 41.0 Å². The minimum Gasteiger partial charge on any atom is -0.351 e. The van der Waals surface area contributed by atoms with E-state index in [4.69, 9.17) is 0 Å². The molecule has 2 fully saturated rings. The number of rotatable bonds is 3. The Kier molecular flexibility index (Phi) is 4.68. The first kappa shape index (κ1) is 16.2. The number of halogens is 2. The van der Waals surface area contributed by atoms with Gasteiger partial charge in [0, 0.05) is 41.2 Å². The van der Waals surface area contributed by atoms with Crippen LogP contribution in [0, 0.1) is 0 Å². The highest BCUT2D eigenvalue weighted by atomic mass is 79.9. The molecule has 4 nitrogen and oxygen atoms in total. The molecule has 1 saturated heterocycles. The lowest BCUT2D eigenvalue weighted by Crippen LogP contribution is -2.39. The summed E-state index contributed by atoms with van der Waals surface area (Å²) in [6.45, 7) is 1.55. The average Bonchev–Trinajstić information content (AvgIpc) is 3.02. The third kappa shape index (κ3) is 3.54. The van der Waals surface area contributed by atoms with Crippen LogP contribution in [0.15, 0.2) is 28.9 Å². The van der Waals surface area contributed by atoms with Gasteiger partial charge in [-0.2, -0.15) is 0 Å². The first-order valence-corrected chi connectivity index (χ1v) is 9.53. The van der Waals surface area contributed by atoms with E-state index in [2.05, 4.69) is 36.1 Å². The molecule has 1 unspecified atom stereocenters. The molecule has 1 N–H and O–H groups in total. The Morgan fingerprint density at radius 1 is 1.17 bits per heavy atom. The van der Waals surface area contributed by atoms with Gasteiger partial charge in [0.15, 0.2) is 0 Å². The van der Waals surface area contributed by atoms with E-state index >= 15 is 0 Å². The molecule has 1 aliphatic carbocycles. The zero-order valence-electron chi connectivity index (χ0n) is 13.6. The van der Waals surface area contributed by atoms with Gasteiger partial charge in [-0.25, -0.2) is 14.4 Å². The van der Waals surface area contributed by atoms with Gasteiger partial charge in [0.2, 0.25) is 5.95 Å². The van der Waals surface area contributed by atoms with Crippen LogP contribution < -0.4 is 5.32 Å². The van der Waals surface area contributed by atoms with Crippen molar-refractivity contribution in [2.75, 3.05) is 18.4 Å². The van der Waals surface area contributed by atoms with E-state index in [1.807, 2.05) is 24.4 Å². The lowest BCUT2D eigenvalue weighted by atomic mass is 9.90. The largest absolute Gasteiger partial charge is 0.351 e. The molecule has 2 aliphatic rings. The maximum atomic E-state index is 13.4. The standard InChI is InChI=1S/C18H22BrFN4/c19-13-1-6-17-12(9-13)10-21-18(23-17)22-15-2-4-16(5-3-15)24-8-7-14(20)11-24/h1,6,9-10,14-16H,2-5,7-8,11H2,(H,21,22,23). The molecule has 1 aliphatic heterocycles. The number of nitrogens with one attached hydrogen (secondary N) is 1. The highest BCUT2D eigenvalue weighted by molar-refractivity contribution is 9.10. The summed E-state index contributed by atoms with van der Waals surface area (Å²) in [6.07, 6.45) is 6.41. The minimum absolute atomic E-state index is 0.415. The Labute approximate surface area is 150 Å². The number of aromatic nitrogens is 2. The molecule has 128 valence electrons. The van der Waals surface area contributed by atoms with Crippen molar-refractivity contribution in [3.05, 3.63) is 28.9 Å². The van der Waals surface area contributed by atoms with Gasteiger partial charge in [0.25, 0.3) is 0 Å². The molecule has 2 aromatic rings. The second kappa shape index (κ2) is 6.92. The predicted molar refractivity (Wildman–Crippen MR) is 98.0 cm³/mol. The minimum atomic E-state index is -0.619. The summed E-state index contributed by atoms with van der Waals surface area (Å²) in [5, 5.41) is 4.52. The summed E-state index contributed by atoms with van der Waals surface area (Å²) < 4.78 is 14.4. The quantitative estimate of drug-likeness (QED) is 0.851. The summed E-state index contributed by atoms with van der Waals surface area (Å²) in [5.74, 6) is 0.707. The van der Waals surface area contributed by atoms with Crippen molar-refractivity contribution in [1.29, 1.82) is 0 Å². The van der Waals surface area contributed by atoms with Crippen molar-refractivity contribution >= 4 is 32.8 Å². The van der Waals surface area contributed by atoms with Gasteiger partial charge in [0.1, 0.15) is 6.17 Å². The fourth-order valence-corrected chi connectivity index (χ4v) is 4.30. The number of fused-ring (bicyclic) bond motifs is 1. The van der Waals surface area contributed by atoms with Crippen LogP contribution >= 0.6 is 15.9 Å². The van der Waals surface area contributed by atoms with Gasteiger partial charge in [0.05, 0.1) is 5.52 Å². The zero-order chi connectivity index (χ0) is 16.5. The molecule has 0 bridgehead atoms. The zero-order valence-corrected chi connectivity index (χ0v) is 15.2. The molecule has 0 spiro atoms. The summed E-state index contributed by atoms with van der Waals surface area (Å²) in [5.41, 5.74) is 0.954. The van der Waals surface area contributed by atoms with Crippen LogP contribution in [0.5, 0.6) is 0 Å². The molecule has 0 amide bonds. The lowest BCUT2D eigenvalue weighted by molar-refractivity contribution is 0.173. The number of benzene rings is 1. The monoisotopic (exact) mass is 392 g/mol. The van der Waals surface area contributed by atoms with E-state index in [0.717, 1.165) is 47.6 Å². The molecule has 2 heterocycles. The van der Waals surface area contributed by atoms with Crippen LogP contribution in [0.2, 0.25) is 0 Å². The third-order valence-corrected chi connectivity index (χ3v) is 5.74.